The predicted molar refractivity (Wildman–Crippen MR) is 66.2 cm³/mol. The molecule has 0 saturated carbocycles. The van der Waals surface area contributed by atoms with E-state index in [9.17, 15) is 4.79 Å². The van der Waals surface area contributed by atoms with E-state index in [-0.39, 0.29) is 5.91 Å². The van der Waals surface area contributed by atoms with Gasteiger partial charge in [0.1, 0.15) is 0 Å². The van der Waals surface area contributed by atoms with Crippen LogP contribution in [0.4, 0.5) is 0 Å². The first-order chi connectivity index (χ1) is 6.93. The lowest BCUT2D eigenvalue weighted by molar-refractivity contribution is -0.122. The maximum Gasteiger partial charge on any atom is 0.236 e. The molecule has 4 heteroatoms. The molecule has 0 aromatic rings. The molecule has 1 saturated heterocycles. The Balaban J connectivity index is 2.24. The van der Waals surface area contributed by atoms with E-state index in [1.807, 2.05) is 13.8 Å². The predicted octanol–water partition coefficient (Wildman–Crippen LogP) is 1.62. The summed E-state index contributed by atoms with van der Waals surface area (Å²) in [6, 6.07) is 0. The summed E-state index contributed by atoms with van der Waals surface area (Å²) in [5, 5.41) is 3.00. The smallest absolute Gasteiger partial charge is 0.236 e. The van der Waals surface area contributed by atoms with E-state index in [1.165, 1.54) is 13.0 Å². The van der Waals surface area contributed by atoms with Crippen LogP contribution in [-0.4, -0.2) is 41.3 Å². The molecule has 1 aliphatic heterocycles. The molecule has 0 aromatic carbocycles. The normalized spacial score (nSPS) is 23.1. The van der Waals surface area contributed by atoms with Gasteiger partial charge >= 0.3 is 0 Å². The molecule has 1 unspecified atom stereocenters. The third-order valence-corrected chi connectivity index (χ3v) is 3.27. The lowest BCUT2D eigenvalue weighted by atomic mass is 10.1. The van der Waals surface area contributed by atoms with Gasteiger partial charge in [0.05, 0.1) is 4.32 Å². The van der Waals surface area contributed by atoms with E-state index in [1.54, 1.807) is 0 Å². The van der Waals surface area contributed by atoms with Crippen molar-refractivity contribution in [1.82, 2.24) is 10.2 Å². The minimum atomic E-state index is -0.448. The molecular weight excluding hydrogens is 256 g/mol. The van der Waals surface area contributed by atoms with Crippen molar-refractivity contribution in [3.63, 3.8) is 0 Å². The van der Waals surface area contributed by atoms with Crippen LogP contribution in [0.15, 0.2) is 0 Å². The maximum absolute atomic E-state index is 11.6. The Morgan fingerprint density at radius 2 is 2.27 bits per heavy atom. The number of halogens is 1. The van der Waals surface area contributed by atoms with Crippen LogP contribution in [0, 0.1) is 5.92 Å². The molecule has 1 heterocycles. The number of carbonyl (C=O) groups is 1. The fourth-order valence-electron chi connectivity index (χ4n) is 1.81. The van der Waals surface area contributed by atoms with Gasteiger partial charge in [-0.25, -0.2) is 0 Å². The highest BCUT2D eigenvalue weighted by molar-refractivity contribution is 9.10. The summed E-state index contributed by atoms with van der Waals surface area (Å²) in [5.41, 5.74) is 0. The molecule has 1 atom stereocenters. The van der Waals surface area contributed by atoms with E-state index in [0.29, 0.717) is 5.92 Å². The van der Waals surface area contributed by atoms with Crippen LogP contribution in [0.25, 0.3) is 0 Å². The van der Waals surface area contributed by atoms with E-state index >= 15 is 0 Å². The summed E-state index contributed by atoms with van der Waals surface area (Å²) in [6.45, 7) is 10.2. The van der Waals surface area contributed by atoms with Gasteiger partial charge in [-0.05, 0) is 39.3 Å². The molecule has 1 aliphatic rings. The zero-order valence-electron chi connectivity index (χ0n) is 9.85. The molecule has 0 spiro atoms. The number of hydrogen-bond donors (Lipinski definition) is 1. The minimum absolute atomic E-state index is 0.0810. The van der Waals surface area contributed by atoms with Gasteiger partial charge in [0, 0.05) is 13.1 Å². The van der Waals surface area contributed by atoms with Gasteiger partial charge < -0.3 is 10.2 Å². The zero-order valence-corrected chi connectivity index (χ0v) is 11.4. The van der Waals surface area contributed by atoms with Crippen molar-refractivity contribution in [2.45, 2.75) is 31.5 Å². The first kappa shape index (κ1) is 13.0. The van der Waals surface area contributed by atoms with Gasteiger partial charge in [0.2, 0.25) is 5.91 Å². The van der Waals surface area contributed by atoms with Crippen LogP contribution in [0.2, 0.25) is 0 Å². The van der Waals surface area contributed by atoms with Crippen molar-refractivity contribution in [3.05, 3.63) is 0 Å². The van der Waals surface area contributed by atoms with Gasteiger partial charge in [-0.2, -0.15) is 0 Å². The summed E-state index contributed by atoms with van der Waals surface area (Å²) in [5.74, 6) is 0.709. The summed E-state index contributed by atoms with van der Waals surface area (Å²) >= 11 is 3.36. The van der Waals surface area contributed by atoms with Crippen LogP contribution in [-0.2, 0) is 4.79 Å². The number of alkyl halides is 1. The molecule has 1 rings (SSSR count). The van der Waals surface area contributed by atoms with Crippen molar-refractivity contribution in [2.75, 3.05) is 26.2 Å². The molecule has 88 valence electrons. The molecule has 0 aliphatic carbocycles. The third kappa shape index (κ3) is 4.11. The Morgan fingerprint density at radius 1 is 1.60 bits per heavy atom. The van der Waals surface area contributed by atoms with Gasteiger partial charge in [-0.3, -0.25) is 4.79 Å². The summed E-state index contributed by atoms with van der Waals surface area (Å²) < 4.78 is -0.448. The molecule has 1 N–H and O–H groups in total. The van der Waals surface area contributed by atoms with E-state index < -0.39 is 4.32 Å². The molecule has 0 bridgehead atoms. The van der Waals surface area contributed by atoms with Gasteiger partial charge in [0.25, 0.3) is 0 Å². The Labute approximate surface area is 101 Å². The number of likely N-dealkylation sites (tertiary alicyclic amines) is 1. The van der Waals surface area contributed by atoms with Crippen LogP contribution in [0.5, 0.6) is 0 Å². The summed E-state index contributed by atoms with van der Waals surface area (Å²) in [6.07, 6.45) is 1.21. The quantitative estimate of drug-likeness (QED) is 0.792. The van der Waals surface area contributed by atoms with E-state index in [0.717, 1.165) is 19.6 Å². The number of nitrogens with one attached hydrogen (secondary N) is 1. The maximum atomic E-state index is 11.6. The monoisotopic (exact) mass is 276 g/mol. The average molecular weight is 277 g/mol. The fourth-order valence-corrected chi connectivity index (χ4v) is 1.95. The van der Waals surface area contributed by atoms with Gasteiger partial charge in [-0.1, -0.05) is 22.9 Å². The second-order valence-electron chi connectivity index (χ2n) is 4.73. The topological polar surface area (TPSA) is 32.3 Å². The number of carbonyl (C=O) groups excluding carboxylic acids is 1. The first-order valence-electron chi connectivity index (χ1n) is 5.63. The van der Waals surface area contributed by atoms with Crippen molar-refractivity contribution >= 4 is 21.8 Å². The van der Waals surface area contributed by atoms with E-state index in [2.05, 4.69) is 33.1 Å². The Morgan fingerprint density at radius 3 is 2.73 bits per heavy atom. The number of rotatable bonds is 4. The molecule has 15 heavy (non-hydrogen) atoms. The van der Waals surface area contributed by atoms with Crippen LogP contribution < -0.4 is 5.32 Å². The van der Waals surface area contributed by atoms with Crippen LogP contribution in [0.3, 0.4) is 0 Å². The Kier molecular flexibility index (Phi) is 4.59. The largest absolute Gasteiger partial charge is 0.355 e. The van der Waals surface area contributed by atoms with E-state index in [4.69, 9.17) is 0 Å². The molecule has 0 aromatic heterocycles. The molecule has 3 nitrogen and oxygen atoms in total. The summed E-state index contributed by atoms with van der Waals surface area (Å²) in [4.78, 5) is 14.0. The molecule has 1 amide bonds. The van der Waals surface area contributed by atoms with Crippen molar-refractivity contribution < 1.29 is 4.79 Å². The zero-order chi connectivity index (χ0) is 11.5. The van der Waals surface area contributed by atoms with Gasteiger partial charge in [0.15, 0.2) is 0 Å². The highest BCUT2D eigenvalue weighted by atomic mass is 79.9. The standard InChI is InChI=1S/C11H21BrN2O/c1-4-14-6-5-9(8-14)7-13-10(15)11(2,3)12/h9H,4-8H2,1-3H3,(H,13,15). The van der Waals surface area contributed by atoms with Gasteiger partial charge in [-0.15, -0.1) is 0 Å². The molecule has 0 radical (unpaired) electrons. The first-order valence-corrected chi connectivity index (χ1v) is 6.42. The average Bonchev–Trinajstić information content (AvgIpc) is 2.60. The number of hydrogen-bond acceptors (Lipinski definition) is 2. The third-order valence-electron chi connectivity index (χ3n) is 2.91. The second-order valence-corrected chi connectivity index (χ2v) is 6.71. The van der Waals surface area contributed by atoms with Crippen molar-refractivity contribution in [3.8, 4) is 0 Å². The SMILES string of the molecule is CCN1CCC(CNC(=O)C(C)(C)Br)C1. The van der Waals surface area contributed by atoms with Crippen molar-refractivity contribution in [2.24, 2.45) is 5.92 Å². The number of amides is 1. The van der Waals surface area contributed by atoms with Crippen LogP contribution >= 0.6 is 15.9 Å². The lowest BCUT2D eigenvalue weighted by Crippen LogP contribution is -2.40. The fraction of sp³-hybridized carbons (Fsp3) is 0.909. The Bertz CT molecular complexity index is 225. The van der Waals surface area contributed by atoms with Crippen molar-refractivity contribution in [1.29, 1.82) is 0 Å². The molecular formula is C11H21BrN2O. The Hall–Kier alpha value is -0.0900. The van der Waals surface area contributed by atoms with Crippen LogP contribution in [0.1, 0.15) is 27.2 Å². The highest BCUT2D eigenvalue weighted by Gasteiger charge is 2.26. The summed E-state index contributed by atoms with van der Waals surface area (Å²) in [7, 11) is 0. The minimum Gasteiger partial charge on any atom is -0.355 e. The highest BCUT2D eigenvalue weighted by Crippen LogP contribution is 2.17. The second kappa shape index (κ2) is 5.30. The lowest BCUT2D eigenvalue weighted by Gasteiger charge is -2.18. The number of nitrogens with zero attached hydrogens (tertiary/aromatic N) is 1. The molecule has 1 fully saturated rings.